The van der Waals surface area contributed by atoms with E-state index in [2.05, 4.69) is 46.6 Å². The molecule has 1 aromatic carbocycles. The Morgan fingerprint density at radius 1 is 1.26 bits per heavy atom. The molecule has 0 saturated heterocycles. The number of hydrogen-bond donors (Lipinski definition) is 1. The van der Waals surface area contributed by atoms with Gasteiger partial charge in [-0.15, -0.1) is 0 Å². The highest BCUT2D eigenvalue weighted by atomic mass is 32.2. The lowest BCUT2D eigenvalue weighted by Crippen LogP contribution is -2.36. The summed E-state index contributed by atoms with van der Waals surface area (Å²) in [6.45, 7) is 5.65. The van der Waals surface area contributed by atoms with Crippen LogP contribution in [0.4, 0.5) is 0 Å². The molecule has 2 aromatic heterocycles. The molecule has 0 spiro atoms. The molecule has 0 aliphatic rings. The van der Waals surface area contributed by atoms with E-state index in [1.165, 1.54) is 18.4 Å². The van der Waals surface area contributed by atoms with Crippen molar-refractivity contribution in [2.24, 2.45) is 5.92 Å². The zero-order chi connectivity index (χ0) is 19.6. The quantitative estimate of drug-likeness (QED) is 0.643. The fourth-order valence-corrected chi connectivity index (χ4v) is 3.73. The first kappa shape index (κ1) is 19.6. The van der Waals surface area contributed by atoms with Gasteiger partial charge in [0.15, 0.2) is 0 Å². The van der Waals surface area contributed by atoms with Crippen molar-refractivity contribution < 1.29 is 8.42 Å². The first-order valence-corrected chi connectivity index (χ1v) is 10.5. The first-order chi connectivity index (χ1) is 12.8. The van der Waals surface area contributed by atoms with E-state index in [1.807, 2.05) is 23.0 Å². The Bertz CT molecular complexity index is 1000. The molecule has 0 bridgehead atoms. The van der Waals surface area contributed by atoms with E-state index in [-0.39, 0.29) is 0 Å². The summed E-state index contributed by atoms with van der Waals surface area (Å²) in [6, 6.07) is 8.18. The zero-order valence-corrected chi connectivity index (χ0v) is 17.1. The largest absolute Gasteiger partial charge is 0.347 e. The van der Waals surface area contributed by atoms with E-state index in [1.54, 1.807) is 6.20 Å². The van der Waals surface area contributed by atoms with Crippen LogP contribution >= 0.6 is 0 Å². The average Bonchev–Trinajstić information content (AvgIpc) is 3.23. The molecule has 0 aliphatic heterocycles. The number of nitrogens with one attached hydrogen (secondary N) is 1. The third-order valence-corrected chi connectivity index (χ3v) is 5.97. The second kappa shape index (κ2) is 7.84. The Morgan fingerprint density at radius 3 is 2.67 bits per heavy atom. The molecule has 7 nitrogen and oxygen atoms in total. The number of benzene rings is 1. The minimum Gasteiger partial charge on any atom is -0.347 e. The average molecular weight is 390 g/mol. The molecule has 0 atom stereocenters. The normalized spacial score (nSPS) is 12.5. The van der Waals surface area contributed by atoms with Crippen LogP contribution in [0.25, 0.3) is 16.6 Å². The van der Waals surface area contributed by atoms with E-state index in [0.29, 0.717) is 18.9 Å². The molecular weight excluding hydrogens is 362 g/mol. The summed E-state index contributed by atoms with van der Waals surface area (Å²) in [6.07, 6.45) is 6.46. The molecule has 0 aliphatic carbocycles. The molecule has 0 amide bonds. The van der Waals surface area contributed by atoms with Crippen molar-refractivity contribution in [2.75, 3.05) is 20.6 Å². The monoisotopic (exact) mass is 389 g/mol. The number of nitrogens with zero attached hydrogens (tertiary/aromatic N) is 4. The van der Waals surface area contributed by atoms with E-state index in [4.69, 9.17) is 0 Å². The fourth-order valence-electron chi connectivity index (χ4n) is 3.11. The van der Waals surface area contributed by atoms with Crippen molar-refractivity contribution in [1.82, 2.24) is 23.4 Å². The molecule has 27 heavy (non-hydrogen) atoms. The van der Waals surface area contributed by atoms with Gasteiger partial charge in [0.2, 0.25) is 0 Å². The summed E-state index contributed by atoms with van der Waals surface area (Å²) < 4.78 is 31.7. The minimum absolute atomic E-state index is 0.363. The minimum atomic E-state index is -3.41. The standard InChI is InChI=1S/C19H27N5O2S/c1-15(2)13-23-14-16(8-10-21-27(25,26)22(3)4)18-7-6-17(12-19(18)23)24-11-5-9-20-24/h5-7,9,11-12,14-15,21H,8,10,13H2,1-4H3. The van der Waals surface area contributed by atoms with Gasteiger partial charge in [0.05, 0.1) is 11.2 Å². The van der Waals surface area contributed by atoms with Gasteiger partial charge >= 0.3 is 0 Å². The highest BCUT2D eigenvalue weighted by Gasteiger charge is 2.14. The van der Waals surface area contributed by atoms with Crippen LogP contribution in [0.1, 0.15) is 19.4 Å². The summed E-state index contributed by atoms with van der Waals surface area (Å²) in [4.78, 5) is 0. The summed E-state index contributed by atoms with van der Waals surface area (Å²) in [7, 11) is -0.362. The Balaban J connectivity index is 1.91. The van der Waals surface area contributed by atoms with Crippen LogP contribution in [-0.4, -0.2) is 47.7 Å². The SMILES string of the molecule is CC(C)Cn1cc(CCNS(=O)(=O)N(C)C)c2ccc(-n3cccn3)cc21. The predicted molar refractivity (Wildman–Crippen MR) is 108 cm³/mol. The molecule has 3 rings (SSSR count). The van der Waals surface area contributed by atoms with Crippen molar-refractivity contribution in [2.45, 2.75) is 26.8 Å². The third-order valence-electron chi connectivity index (χ3n) is 4.44. The Labute approximate surface area is 160 Å². The van der Waals surface area contributed by atoms with Crippen LogP contribution in [0, 0.1) is 5.92 Å². The summed E-state index contributed by atoms with van der Waals surface area (Å²) >= 11 is 0. The Morgan fingerprint density at radius 2 is 2.04 bits per heavy atom. The smallest absolute Gasteiger partial charge is 0.278 e. The van der Waals surface area contributed by atoms with Crippen molar-refractivity contribution in [3.05, 3.63) is 48.4 Å². The van der Waals surface area contributed by atoms with Gasteiger partial charge in [0.1, 0.15) is 0 Å². The van der Waals surface area contributed by atoms with Crippen LogP contribution in [-0.2, 0) is 23.2 Å². The molecule has 0 radical (unpaired) electrons. The van der Waals surface area contributed by atoms with E-state index < -0.39 is 10.2 Å². The Kier molecular flexibility index (Phi) is 5.69. The van der Waals surface area contributed by atoms with Gasteiger partial charge in [0, 0.05) is 51.2 Å². The molecule has 0 saturated carbocycles. The maximum Gasteiger partial charge on any atom is 0.278 e. The molecular formula is C19H27N5O2S. The lowest BCUT2D eigenvalue weighted by Gasteiger charge is -2.11. The maximum atomic E-state index is 11.9. The van der Waals surface area contributed by atoms with Gasteiger partial charge in [0.25, 0.3) is 10.2 Å². The van der Waals surface area contributed by atoms with E-state index in [0.717, 1.165) is 28.7 Å². The molecule has 3 aromatic rings. The van der Waals surface area contributed by atoms with Gasteiger partial charge in [-0.25, -0.2) is 9.40 Å². The van der Waals surface area contributed by atoms with Crippen LogP contribution in [0.5, 0.6) is 0 Å². The van der Waals surface area contributed by atoms with Crippen LogP contribution in [0.15, 0.2) is 42.9 Å². The molecule has 1 N–H and O–H groups in total. The molecule has 8 heteroatoms. The predicted octanol–water partition coefficient (Wildman–Crippen LogP) is 2.42. The summed E-state index contributed by atoms with van der Waals surface area (Å²) in [5.41, 5.74) is 3.29. The first-order valence-electron chi connectivity index (χ1n) is 9.07. The van der Waals surface area contributed by atoms with E-state index >= 15 is 0 Å². The lowest BCUT2D eigenvalue weighted by molar-refractivity contribution is 0.506. The van der Waals surface area contributed by atoms with Crippen LogP contribution in [0.3, 0.4) is 0 Å². The van der Waals surface area contributed by atoms with E-state index in [9.17, 15) is 8.42 Å². The van der Waals surface area contributed by atoms with Gasteiger partial charge in [-0.05, 0) is 36.1 Å². The maximum absolute atomic E-state index is 11.9. The number of rotatable bonds is 8. The highest BCUT2D eigenvalue weighted by Crippen LogP contribution is 2.25. The lowest BCUT2D eigenvalue weighted by atomic mass is 10.1. The van der Waals surface area contributed by atoms with Gasteiger partial charge in [-0.2, -0.15) is 17.8 Å². The van der Waals surface area contributed by atoms with Crippen molar-refractivity contribution >= 4 is 21.1 Å². The molecule has 146 valence electrons. The van der Waals surface area contributed by atoms with Crippen LogP contribution < -0.4 is 4.72 Å². The van der Waals surface area contributed by atoms with Crippen molar-refractivity contribution in [3.63, 3.8) is 0 Å². The molecule has 0 unspecified atom stereocenters. The summed E-state index contributed by atoms with van der Waals surface area (Å²) in [5, 5.41) is 5.46. The number of hydrogen-bond acceptors (Lipinski definition) is 3. The third kappa shape index (κ3) is 4.40. The second-order valence-corrected chi connectivity index (χ2v) is 9.25. The van der Waals surface area contributed by atoms with Gasteiger partial charge in [-0.1, -0.05) is 19.9 Å². The molecule has 0 fully saturated rings. The van der Waals surface area contributed by atoms with Crippen LogP contribution in [0.2, 0.25) is 0 Å². The number of fused-ring (bicyclic) bond motifs is 1. The van der Waals surface area contributed by atoms with Crippen molar-refractivity contribution in [3.8, 4) is 5.69 Å². The zero-order valence-electron chi connectivity index (χ0n) is 16.3. The highest BCUT2D eigenvalue weighted by molar-refractivity contribution is 7.87. The fraction of sp³-hybridized carbons (Fsp3) is 0.421. The Hall–Kier alpha value is -2.16. The second-order valence-electron chi connectivity index (χ2n) is 7.28. The number of aromatic nitrogens is 3. The molecule has 2 heterocycles. The van der Waals surface area contributed by atoms with Gasteiger partial charge < -0.3 is 4.57 Å². The van der Waals surface area contributed by atoms with Crippen molar-refractivity contribution in [1.29, 1.82) is 0 Å². The van der Waals surface area contributed by atoms with Gasteiger partial charge in [-0.3, -0.25) is 0 Å². The summed E-state index contributed by atoms with van der Waals surface area (Å²) in [5.74, 6) is 0.508. The topological polar surface area (TPSA) is 72.2 Å².